The summed E-state index contributed by atoms with van der Waals surface area (Å²) in [7, 11) is 0. The molecule has 1 aliphatic rings. The zero-order valence-electron chi connectivity index (χ0n) is 10.6. The number of likely N-dealkylation sites (tertiary alicyclic amines) is 1. The largest absolute Gasteiger partial charge is 0.330 e. The molecule has 1 unspecified atom stereocenters. The Labute approximate surface area is 111 Å². The summed E-state index contributed by atoms with van der Waals surface area (Å²) in [5.41, 5.74) is 8.54. The predicted octanol–water partition coefficient (Wildman–Crippen LogP) is 2.59. The molecule has 0 aromatic heterocycles. The van der Waals surface area contributed by atoms with Gasteiger partial charge in [-0.15, -0.1) is 12.4 Å². The highest BCUT2D eigenvalue weighted by Crippen LogP contribution is 2.17. The van der Waals surface area contributed by atoms with Crippen LogP contribution in [-0.4, -0.2) is 24.5 Å². The van der Waals surface area contributed by atoms with E-state index in [-0.39, 0.29) is 12.4 Å². The van der Waals surface area contributed by atoms with Crippen molar-refractivity contribution in [2.24, 2.45) is 11.7 Å². The van der Waals surface area contributed by atoms with Crippen molar-refractivity contribution in [3.05, 3.63) is 35.4 Å². The predicted molar refractivity (Wildman–Crippen MR) is 75.5 cm³/mol. The highest BCUT2D eigenvalue weighted by molar-refractivity contribution is 5.85. The third-order valence-corrected chi connectivity index (χ3v) is 3.43. The highest BCUT2D eigenvalue weighted by atomic mass is 35.5. The lowest BCUT2D eigenvalue weighted by molar-refractivity contribution is 0.171. The maximum atomic E-state index is 5.76. The SMILES string of the molecule is Cc1cccc(CN2CCCC(CN)C2)c1.Cl. The van der Waals surface area contributed by atoms with Crippen molar-refractivity contribution in [1.29, 1.82) is 0 Å². The van der Waals surface area contributed by atoms with E-state index >= 15 is 0 Å². The molecule has 2 rings (SSSR count). The van der Waals surface area contributed by atoms with E-state index in [9.17, 15) is 0 Å². The standard InChI is InChI=1S/C14H22N2.ClH/c1-12-4-2-5-13(8-12)10-16-7-3-6-14(9-15)11-16;/h2,4-5,8,14H,3,6-7,9-11,15H2,1H3;1H. The first-order chi connectivity index (χ1) is 7.78. The van der Waals surface area contributed by atoms with E-state index in [1.54, 1.807) is 0 Å². The van der Waals surface area contributed by atoms with E-state index in [1.807, 2.05) is 0 Å². The van der Waals surface area contributed by atoms with Gasteiger partial charge in [0.25, 0.3) is 0 Å². The molecule has 2 N–H and O–H groups in total. The van der Waals surface area contributed by atoms with Crippen LogP contribution in [0.1, 0.15) is 24.0 Å². The van der Waals surface area contributed by atoms with Crippen LogP contribution in [0.25, 0.3) is 0 Å². The van der Waals surface area contributed by atoms with E-state index in [0.29, 0.717) is 5.92 Å². The average Bonchev–Trinajstić information content (AvgIpc) is 2.29. The van der Waals surface area contributed by atoms with Crippen molar-refractivity contribution in [2.45, 2.75) is 26.3 Å². The molecular weight excluding hydrogens is 232 g/mol. The smallest absolute Gasteiger partial charge is 0.0233 e. The number of aryl methyl sites for hydroxylation is 1. The number of hydrogen-bond donors (Lipinski definition) is 1. The van der Waals surface area contributed by atoms with Gasteiger partial charge in [0, 0.05) is 13.1 Å². The summed E-state index contributed by atoms with van der Waals surface area (Å²) in [5, 5.41) is 0. The number of hydrogen-bond acceptors (Lipinski definition) is 2. The minimum Gasteiger partial charge on any atom is -0.330 e. The molecule has 1 aliphatic heterocycles. The second-order valence-corrected chi connectivity index (χ2v) is 4.97. The van der Waals surface area contributed by atoms with Gasteiger partial charge in [0.15, 0.2) is 0 Å². The molecular formula is C14H23ClN2. The zero-order chi connectivity index (χ0) is 11.4. The fourth-order valence-corrected chi connectivity index (χ4v) is 2.56. The number of nitrogens with zero attached hydrogens (tertiary/aromatic N) is 1. The molecule has 17 heavy (non-hydrogen) atoms. The quantitative estimate of drug-likeness (QED) is 0.899. The van der Waals surface area contributed by atoms with Crippen LogP contribution in [0.3, 0.4) is 0 Å². The Kier molecular flexibility index (Phi) is 5.96. The first-order valence-electron chi connectivity index (χ1n) is 6.26. The number of piperidine rings is 1. The van der Waals surface area contributed by atoms with Gasteiger partial charge in [-0.2, -0.15) is 0 Å². The van der Waals surface area contributed by atoms with Gasteiger partial charge >= 0.3 is 0 Å². The summed E-state index contributed by atoms with van der Waals surface area (Å²) in [6, 6.07) is 8.81. The van der Waals surface area contributed by atoms with Crippen LogP contribution in [0.5, 0.6) is 0 Å². The lowest BCUT2D eigenvalue weighted by atomic mass is 9.98. The molecule has 2 nitrogen and oxygen atoms in total. The molecule has 1 heterocycles. The van der Waals surface area contributed by atoms with Gasteiger partial charge < -0.3 is 5.73 Å². The Morgan fingerprint density at radius 3 is 2.94 bits per heavy atom. The van der Waals surface area contributed by atoms with E-state index in [2.05, 4.69) is 36.1 Å². The van der Waals surface area contributed by atoms with E-state index in [4.69, 9.17) is 5.73 Å². The third-order valence-electron chi connectivity index (χ3n) is 3.43. The third kappa shape index (κ3) is 4.30. The summed E-state index contributed by atoms with van der Waals surface area (Å²) >= 11 is 0. The molecule has 3 heteroatoms. The van der Waals surface area contributed by atoms with Gasteiger partial charge in [-0.05, 0) is 44.3 Å². The van der Waals surface area contributed by atoms with Gasteiger partial charge in [0.2, 0.25) is 0 Å². The average molecular weight is 255 g/mol. The molecule has 1 aromatic rings. The summed E-state index contributed by atoms with van der Waals surface area (Å²) in [5.74, 6) is 0.707. The number of nitrogens with two attached hydrogens (primary N) is 1. The highest BCUT2D eigenvalue weighted by Gasteiger charge is 2.18. The number of benzene rings is 1. The van der Waals surface area contributed by atoms with Crippen LogP contribution in [0.15, 0.2) is 24.3 Å². The fraction of sp³-hybridized carbons (Fsp3) is 0.571. The van der Waals surface area contributed by atoms with Crippen molar-refractivity contribution in [2.75, 3.05) is 19.6 Å². The van der Waals surface area contributed by atoms with E-state index < -0.39 is 0 Å². The van der Waals surface area contributed by atoms with Crippen LogP contribution >= 0.6 is 12.4 Å². The molecule has 0 saturated carbocycles. The van der Waals surface area contributed by atoms with Crippen molar-refractivity contribution in [3.63, 3.8) is 0 Å². The minimum absolute atomic E-state index is 0. The molecule has 0 spiro atoms. The molecule has 1 fully saturated rings. The monoisotopic (exact) mass is 254 g/mol. The second-order valence-electron chi connectivity index (χ2n) is 4.97. The van der Waals surface area contributed by atoms with Crippen LogP contribution in [0, 0.1) is 12.8 Å². The first kappa shape index (κ1) is 14.5. The summed E-state index contributed by atoms with van der Waals surface area (Å²) in [6.45, 7) is 6.47. The van der Waals surface area contributed by atoms with E-state index in [0.717, 1.165) is 13.1 Å². The summed E-state index contributed by atoms with van der Waals surface area (Å²) in [6.07, 6.45) is 2.61. The molecule has 1 aromatic carbocycles. The van der Waals surface area contributed by atoms with Crippen LogP contribution < -0.4 is 5.73 Å². The number of halogens is 1. The Hall–Kier alpha value is -0.570. The Morgan fingerprint density at radius 2 is 2.24 bits per heavy atom. The van der Waals surface area contributed by atoms with Crippen molar-refractivity contribution < 1.29 is 0 Å². The minimum atomic E-state index is 0. The molecule has 1 atom stereocenters. The molecule has 96 valence electrons. The number of rotatable bonds is 3. The fourth-order valence-electron chi connectivity index (χ4n) is 2.56. The first-order valence-corrected chi connectivity index (χ1v) is 6.26. The Morgan fingerprint density at radius 1 is 1.41 bits per heavy atom. The molecule has 0 bridgehead atoms. The molecule has 0 aliphatic carbocycles. The topological polar surface area (TPSA) is 29.3 Å². The van der Waals surface area contributed by atoms with Crippen LogP contribution in [-0.2, 0) is 6.54 Å². The molecule has 1 saturated heterocycles. The van der Waals surface area contributed by atoms with Crippen LogP contribution in [0.2, 0.25) is 0 Å². The van der Waals surface area contributed by atoms with Gasteiger partial charge in [-0.25, -0.2) is 0 Å². The maximum absolute atomic E-state index is 5.76. The van der Waals surface area contributed by atoms with Crippen LogP contribution in [0.4, 0.5) is 0 Å². The maximum Gasteiger partial charge on any atom is 0.0233 e. The molecule has 0 amide bonds. The van der Waals surface area contributed by atoms with Gasteiger partial charge in [0.05, 0.1) is 0 Å². The Balaban J connectivity index is 0.00000144. The van der Waals surface area contributed by atoms with Gasteiger partial charge in [-0.3, -0.25) is 4.90 Å². The molecule has 0 radical (unpaired) electrons. The van der Waals surface area contributed by atoms with Crippen molar-refractivity contribution in [3.8, 4) is 0 Å². The van der Waals surface area contributed by atoms with Gasteiger partial charge in [0.1, 0.15) is 0 Å². The summed E-state index contributed by atoms with van der Waals surface area (Å²) < 4.78 is 0. The summed E-state index contributed by atoms with van der Waals surface area (Å²) in [4.78, 5) is 2.54. The van der Waals surface area contributed by atoms with E-state index in [1.165, 1.54) is 37.1 Å². The lowest BCUT2D eigenvalue weighted by Crippen LogP contribution is -2.37. The van der Waals surface area contributed by atoms with Crippen molar-refractivity contribution >= 4 is 12.4 Å². The van der Waals surface area contributed by atoms with Crippen molar-refractivity contribution in [1.82, 2.24) is 4.90 Å². The zero-order valence-corrected chi connectivity index (χ0v) is 11.4. The second kappa shape index (κ2) is 7.00. The van der Waals surface area contributed by atoms with Gasteiger partial charge in [-0.1, -0.05) is 29.8 Å². The lowest BCUT2D eigenvalue weighted by Gasteiger charge is -2.32. The normalized spacial score (nSPS) is 20.9. The Bertz CT molecular complexity index is 341.